The Bertz CT molecular complexity index is 452. The molecule has 0 bridgehead atoms. The van der Waals surface area contributed by atoms with Gasteiger partial charge in [-0.2, -0.15) is 0 Å². The lowest BCUT2D eigenvalue weighted by molar-refractivity contribution is 0.362. The largest absolute Gasteiger partial charge is 0.321 e. The molecule has 2 rings (SSSR count). The average molecular weight is 335 g/mol. The van der Waals surface area contributed by atoms with Crippen LogP contribution in [0.5, 0.6) is 0 Å². The first-order chi connectivity index (χ1) is 8.44. The number of halogens is 3. The van der Waals surface area contributed by atoms with Crippen LogP contribution >= 0.6 is 27.5 Å². The molecule has 2 unspecified atom stereocenters. The minimum atomic E-state index is -0.570. The van der Waals surface area contributed by atoms with E-state index in [1.165, 1.54) is 6.42 Å². The fourth-order valence-corrected chi connectivity index (χ4v) is 3.19. The summed E-state index contributed by atoms with van der Waals surface area (Å²) in [7, 11) is 0. The summed E-state index contributed by atoms with van der Waals surface area (Å²) in [4.78, 5) is 0. The summed E-state index contributed by atoms with van der Waals surface area (Å²) < 4.78 is 14.9. The molecule has 2 N–H and O–H groups in total. The molecule has 1 fully saturated rings. The Morgan fingerprint density at radius 1 is 1.39 bits per heavy atom. The highest BCUT2D eigenvalue weighted by Gasteiger charge is 2.33. The molecule has 0 aromatic heterocycles. The van der Waals surface area contributed by atoms with E-state index in [1.807, 2.05) is 0 Å². The van der Waals surface area contributed by atoms with Crippen LogP contribution in [0.25, 0.3) is 0 Å². The molecule has 1 aliphatic rings. The molecule has 0 spiro atoms. The summed E-state index contributed by atoms with van der Waals surface area (Å²) in [6, 6.07) is 3.55. The van der Waals surface area contributed by atoms with E-state index in [4.69, 9.17) is 17.3 Å². The first kappa shape index (κ1) is 14.3. The van der Waals surface area contributed by atoms with E-state index >= 15 is 0 Å². The predicted molar refractivity (Wildman–Crippen MR) is 77.2 cm³/mol. The van der Waals surface area contributed by atoms with Crippen LogP contribution in [0, 0.1) is 11.7 Å². The second-order valence-electron chi connectivity index (χ2n) is 5.42. The molecule has 0 amide bonds. The molecule has 100 valence electrons. The monoisotopic (exact) mass is 333 g/mol. The van der Waals surface area contributed by atoms with Gasteiger partial charge in [0.15, 0.2) is 0 Å². The SMILES string of the molecule is CC1CCCC(N)(c2ccc(Br)c(Cl)c2F)CC1. The van der Waals surface area contributed by atoms with Crippen molar-refractivity contribution in [2.24, 2.45) is 11.7 Å². The van der Waals surface area contributed by atoms with Gasteiger partial charge in [0, 0.05) is 15.6 Å². The van der Waals surface area contributed by atoms with Crippen molar-refractivity contribution in [2.75, 3.05) is 0 Å². The van der Waals surface area contributed by atoms with Gasteiger partial charge in [-0.3, -0.25) is 0 Å². The van der Waals surface area contributed by atoms with Crippen molar-refractivity contribution in [1.82, 2.24) is 0 Å². The Balaban J connectivity index is 2.37. The second kappa shape index (κ2) is 5.48. The Labute approximate surface area is 121 Å². The lowest BCUT2D eigenvalue weighted by atomic mass is 9.83. The lowest BCUT2D eigenvalue weighted by Crippen LogP contribution is -2.37. The lowest BCUT2D eigenvalue weighted by Gasteiger charge is -2.29. The summed E-state index contributed by atoms with van der Waals surface area (Å²) in [5.74, 6) is 0.299. The minimum absolute atomic E-state index is 0.134. The Hall–Kier alpha value is -0.120. The molecule has 0 radical (unpaired) electrons. The van der Waals surface area contributed by atoms with E-state index in [2.05, 4.69) is 22.9 Å². The number of nitrogens with two attached hydrogens (primary N) is 1. The number of benzene rings is 1. The van der Waals surface area contributed by atoms with Gasteiger partial charge in [0.05, 0.1) is 5.02 Å². The summed E-state index contributed by atoms with van der Waals surface area (Å²) in [6.45, 7) is 2.23. The van der Waals surface area contributed by atoms with Crippen molar-refractivity contribution in [3.63, 3.8) is 0 Å². The highest BCUT2D eigenvalue weighted by Crippen LogP contribution is 2.39. The topological polar surface area (TPSA) is 26.0 Å². The third-order valence-electron chi connectivity index (χ3n) is 3.97. The average Bonchev–Trinajstić information content (AvgIpc) is 2.49. The van der Waals surface area contributed by atoms with Crippen LogP contribution in [-0.4, -0.2) is 0 Å². The number of hydrogen-bond acceptors (Lipinski definition) is 1. The Morgan fingerprint density at radius 2 is 2.11 bits per heavy atom. The van der Waals surface area contributed by atoms with Crippen LogP contribution in [0.3, 0.4) is 0 Å². The van der Waals surface area contributed by atoms with Crippen LogP contribution in [0.15, 0.2) is 16.6 Å². The van der Waals surface area contributed by atoms with Crippen molar-refractivity contribution in [3.8, 4) is 0 Å². The standard InChI is InChI=1S/C14H18BrClFN/c1-9-3-2-7-14(18,8-6-9)10-4-5-11(15)12(16)13(10)17/h4-5,9H,2-3,6-8,18H2,1H3. The van der Waals surface area contributed by atoms with E-state index in [-0.39, 0.29) is 10.8 Å². The van der Waals surface area contributed by atoms with Gasteiger partial charge in [-0.15, -0.1) is 0 Å². The van der Waals surface area contributed by atoms with Gasteiger partial charge < -0.3 is 5.73 Å². The highest BCUT2D eigenvalue weighted by atomic mass is 79.9. The van der Waals surface area contributed by atoms with Crippen LogP contribution in [0.4, 0.5) is 4.39 Å². The van der Waals surface area contributed by atoms with Gasteiger partial charge in [-0.1, -0.05) is 37.4 Å². The number of rotatable bonds is 1. The second-order valence-corrected chi connectivity index (χ2v) is 6.65. The van der Waals surface area contributed by atoms with Gasteiger partial charge in [-0.25, -0.2) is 4.39 Å². The predicted octanol–water partition coefficient (Wildman–Crippen LogP) is 5.00. The van der Waals surface area contributed by atoms with Crippen LogP contribution in [0.2, 0.25) is 5.02 Å². The Kier molecular flexibility index (Phi) is 4.35. The fraction of sp³-hybridized carbons (Fsp3) is 0.571. The smallest absolute Gasteiger partial charge is 0.147 e. The zero-order valence-corrected chi connectivity index (χ0v) is 12.8. The molecule has 0 aliphatic heterocycles. The molecular formula is C14H18BrClFN. The molecular weight excluding hydrogens is 317 g/mol. The highest BCUT2D eigenvalue weighted by molar-refractivity contribution is 9.10. The van der Waals surface area contributed by atoms with Crippen molar-refractivity contribution >= 4 is 27.5 Å². The molecule has 1 aromatic carbocycles. The molecule has 0 heterocycles. The minimum Gasteiger partial charge on any atom is -0.321 e. The number of hydrogen-bond donors (Lipinski definition) is 1. The molecule has 0 saturated heterocycles. The summed E-state index contributed by atoms with van der Waals surface area (Å²) in [5, 5.41) is 0.134. The van der Waals surface area contributed by atoms with Gasteiger partial charge in [-0.05, 0) is 47.2 Å². The van der Waals surface area contributed by atoms with E-state index in [9.17, 15) is 4.39 Å². The van der Waals surface area contributed by atoms with Gasteiger partial charge >= 0.3 is 0 Å². The quantitative estimate of drug-likeness (QED) is 0.568. The molecule has 1 aromatic rings. The van der Waals surface area contributed by atoms with Gasteiger partial charge in [0.1, 0.15) is 5.82 Å². The van der Waals surface area contributed by atoms with Gasteiger partial charge in [0.2, 0.25) is 0 Å². The maximum atomic E-state index is 14.3. The van der Waals surface area contributed by atoms with E-state index in [0.717, 1.165) is 25.7 Å². The van der Waals surface area contributed by atoms with Crippen molar-refractivity contribution in [3.05, 3.63) is 33.0 Å². The first-order valence-corrected chi connectivity index (χ1v) is 7.54. The maximum absolute atomic E-state index is 14.3. The van der Waals surface area contributed by atoms with Crippen molar-refractivity contribution in [2.45, 2.75) is 44.6 Å². The molecule has 4 heteroatoms. The molecule has 18 heavy (non-hydrogen) atoms. The maximum Gasteiger partial charge on any atom is 0.147 e. The van der Waals surface area contributed by atoms with Crippen molar-refractivity contribution < 1.29 is 4.39 Å². The zero-order chi connectivity index (χ0) is 13.3. The molecule has 1 aliphatic carbocycles. The van der Waals surface area contributed by atoms with E-state index in [1.54, 1.807) is 12.1 Å². The Morgan fingerprint density at radius 3 is 2.83 bits per heavy atom. The van der Waals surface area contributed by atoms with Gasteiger partial charge in [0.25, 0.3) is 0 Å². The molecule has 1 saturated carbocycles. The van der Waals surface area contributed by atoms with Crippen LogP contribution in [0.1, 0.15) is 44.6 Å². The van der Waals surface area contributed by atoms with E-state index < -0.39 is 5.54 Å². The molecule has 2 atom stereocenters. The first-order valence-electron chi connectivity index (χ1n) is 6.37. The third kappa shape index (κ3) is 2.73. The third-order valence-corrected chi connectivity index (χ3v) is 5.23. The van der Waals surface area contributed by atoms with Crippen molar-refractivity contribution in [1.29, 1.82) is 0 Å². The van der Waals surface area contributed by atoms with Crippen LogP contribution in [-0.2, 0) is 5.54 Å². The van der Waals surface area contributed by atoms with Crippen LogP contribution < -0.4 is 5.73 Å². The summed E-state index contributed by atoms with van der Waals surface area (Å²) >= 11 is 9.19. The fourth-order valence-electron chi connectivity index (χ4n) is 2.72. The summed E-state index contributed by atoms with van der Waals surface area (Å²) in [5.41, 5.74) is 6.44. The zero-order valence-electron chi connectivity index (χ0n) is 10.5. The molecule has 1 nitrogen and oxygen atoms in total. The van der Waals surface area contributed by atoms with E-state index in [0.29, 0.717) is 16.0 Å². The normalized spacial score (nSPS) is 29.1. The summed E-state index contributed by atoms with van der Waals surface area (Å²) in [6.07, 6.45) is 4.91.